The molecule has 0 unspecified atom stereocenters. The normalized spacial score (nSPS) is 10.9. The maximum atomic E-state index is 12.2. The topological polar surface area (TPSA) is 72.7 Å². The Balaban J connectivity index is 1.65. The van der Waals surface area contributed by atoms with Crippen LogP contribution < -0.4 is 5.32 Å². The minimum absolute atomic E-state index is 0.0187. The van der Waals surface area contributed by atoms with Crippen LogP contribution in [0.25, 0.3) is 11.4 Å². The molecule has 0 radical (unpaired) electrons. The van der Waals surface area contributed by atoms with Gasteiger partial charge in [0.1, 0.15) is 6.54 Å². The molecule has 1 aromatic heterocycles. The third-order valence-corrected chi connectivity index (χ3v) is 3.98. The molecule has 0 spiro atoms. The molecule has 6 nitrogen and oxygen atoms in total. The third-order valence-electron chi connectivity index (χ3n) is 3.98. The van der Waals surface area contributed by atoms with E-state index in [0.29, 0.717) is 11.7 Å². The average molecular weight is 335 g/mol. The number of carbonyl (C=O) groups excluding carboxylic acids is 1. The van der Waals surface area contributed by atoms with E-state index in [1.165, 1.54) is 10.4 Å². The summed E-state index contributed by atoms with van der Waals surface area (Å²) in [5, 5.41) is 15.2. The summed E-state index contributed by atoms with van der Waals surface area (Å²) in [6.45, 7) is 6.28. The van der Waals surface area contributed by atoms with Gasteiger partial charge in [0.25, 0.3) is 0 Å². The van der Waals surface area contributed by atoms with Crippen molar-refractivity contribution in [1.29, 1.82) is 0 Å². The molecule has 2 aromatic carbocycles. The molecule has 0 saturated heterocycles. The van der Waals surface area contributed by atoms with Gasteiger partial charge in [-0.25, -0.2) is 0 Å². The first kappa shape index (κ1) is 16.8. The summed E-state index contributed by atoms with van der Waals surface area (Å²) in [5.74, 6) is 0.794. The number of nitrogens with one attached hydrogen (secondary N) is 1. The van der Waals surface area contributed by atoms with E-state index >= 15 is 0 Å². The summed E-state index contributed by atoms with van der Waals surface area (Å²) in [7, 11) is 0. The minimum Gasteiger partial charge on any atom is -0.324 e. The maximum Gasteiger partial charge on any atom is 0.248 e. The smallest absolute Gasteiger partial charge is 0.248 e. The highest BCUT2D eigenvalue weighted by molar-refractivity contribution is 5.90. The molecule has 0 aliphatic rings. The summed E-state index contributed by atoms with van der Waals surface area (Å²) < 4.78 is 0. The Morgan fingerprint density at radius 2 is 1.84 bits per heavy atom. The number of hydrogen-bond donors (Lipinski definition) is 1. The van der Waals surface area contributed by atoms with E-state index in [1.54, 1.807) is 0 Å². The number of rotatable bonds is 5. The van der Waals surface area contributed by atoms with Gasteiger partial charge >= 0.3 is 0 Å². The van der Waals surface area contributed by atoms with Crippen molar-refractivity contribution in [3.63, 3.8) is 0 Å². The largest absolute Gasteiger partial charge is 0.324 e. The Morgan fingerprint density at radius 1 is 1.12 bits per heavy atom. The second-order valence-corrected chi connectivity index (χ2v) is 6.28. The van der Waals surface area contributed by atoms with Crippen LogP contribution in [0.4, 0.5) is 5.69 Å². The van der Waals surface area contributed by atoms with Crippen LogP contribution in [0.3, 0.4) is 0 Å². The Kier molecular flexibility index (Phi) is 4.88. The summed E-state index contributed by atoms with van der Waals surface area (Å²) >= 11 is 0. The lowest BCUT2D eigenvalue weighted by atomic mass is 10.0. The lowest BCUT2D eigenvalue weighted by Gasteiger charge is -2.08. The van der Waals surface area contributed by atoms with Crippen LogP contribution >= 0.6 is 0 Å². The van der Waals surface area contributed by atoms with Gasteiger partial charge in [-0.05, 0) is 41.3 Å². The third kappa shape index (κ3) is 4.09. The van der Waals surface area contributed by atoms with Crippen molar-refractivity contribution in [3.05, 3.63) is 59.7 Å². The lowest BCUT2D eigenvalue weighted by Crippen LogP contribution is -2.20. The van der Waals surface area contributed by atoms with Gasteiger partial charge < -0.3 is 5.32 Å². The van der Waals surface area contributed by atoms with Gasteiger partial charge in [-0.3, -0.25) is 4.79 Å². The van der Waals surface area contributed by atoms with Gasteiger partial charge in [0.15, 0.2) is 0 Å². The Bertz CT molecular complexity index is 868. The molecule has 0 saturated carbocycles. The molecular weight excluding hydrogens is 314 g/mol. The first-order chi connectivity index (χ1) is 12.0. The maximum absolute atomic E-state index is 12.2. The highest BCUT2D eigenvalue weighted by Gasteiger charge is 2.11. The van der Waals surface area contributed by atoms with Crippen molar-refractivity contribution in [3.8, 4) is 11.4 Å². The van der Waals surface area contributed by atoms with Crippen LogP contribution in [0, 0.1) is 6.92 Å². The van der Waals surface area contributed by atoms with Crippen molar-refractivity contribution >= 4 is 11.6 Å². The number of aromatic nitrogens is 4. The van der Waals surface area contributed by atoms with Crippen molar-refractivity contribution < 1.29 is 4.79 Å². The van der Waals surface area contributed by atoms with E-state index in [-0.39, 0.29) is 12.5 Å². The molecule has 0 fully saturated rings. The van der Waals surface area contributed by atoms with Gasteiger partial charge in [0.2, 0.25) is 11.7 Å². The van der Waals surface area contributed by atoms with E-state index in [2.05, 4.69) is 34.6 Å². The first-order valence-corrected chi connectivity index (χ1v) is 8.26. The van der Waals surface area contributed by atoms with E-state index in [9.17, 15) is 4.79 Å². The minimum atomic E-state index is -0.189. The number of hydrogen-bond acceptors (Lipinski definition) is 4. The second-order valence-electron chi connectivity index (χ2n) is 6.28. The monoisotopic (exact) mass is 335 g/mol. The lowest BCUT2D eigenvalue weighted by molar-refractivity contribution is -0.117. The van der Waals surface area contributed by atoms with Crippen LogP contribution in [-0.4, -0.2) is 26.1 Å². The van der Waals surface area contributed by atoms with E-state index < -0.39 is 0 Å². The molecule has 3 aromatic rings. The fourth-order valence-electron chi connectivity index (χ4n) is 2.52. The molecular formula is C19H21N5O. The average Bonchev–Trinajstić information content (AvgIpc) is 3.03. The van der Waals surface area contributed by atoms with E-state index in [4.69, 9.17) is 0 Å². The molecule has 128 valence electrons. The van der Waals surface area contributed by atoms with Crippen LogP contribution in [0.1, 0.15) is 30.9 Å². The van der Waals surface area contributed by atoms with Crippen molar-refractivity contribution in [2.24, 2.45) is 0 Å². The van der Waals surface area contributed by atoms with Crippen molar-refractivity contribution in [1.82, 2.24) is 20.2 Å². The van der Waals surface area contributed by atoms with Crippen molar-refractivity contribution in [2.75, 3.05) is 5.32 Å². The second kappa shape index (κ2) is 7.25. The van der Waals surface area contributed by atoms with Gasteiger partial charge in [0.05, 0.1) is 0 Å². The number of carbonyl (C=O) groups is 1. The summed E-state index contributed by atoms with van der Waals surface area (Å²) in [5.41, 5.74) is 3.97. The van der Waals surface area contributed by atoms with Crippen LogP contribution in [0.2, 0.25) is 0 Å². The van der Waals surface area contributed by atoms with Gasteiger partial charge in [0, 0.05) is 11.3 Å². The van der Waals surface area contributed by atoms with Crippen LogP contribution in [-0.2, 0) is 11.3 Å². The van der Waals surface area contributed by atoms with Crippen LogP contribution in [0.15, 0.2) is 48.5 Å². The predicted molar refractivity (Wildman–Crippen MR) is 97.2 cm³/mol. The fraction of sp³-hybridized carbons (Fsp3) is 0.263. The molecule has 0 bridgehead atoms. The first-order valence-electron chi connectivity index (χ1n) is 8.26. The molecule has 0 aliphatic carbocycles. The van der Waals surface area contributed by atoms with Crippen LogP contribution in [0.5, 0.6) is 0 Å². The fourth-order valence-corrected chi connectivity index (χ4v) is 2.52. The molecule has 1 amide bonds. The summed E-state index contributed by atoms with van der Waals surface area (Å²) in [6.07, 6.45) is 0. The molecule has 0 aliphatic heterocycles. The Morgan fingerprint density at radius 3 is 2.52 bits per heavy atom. The van der Waals surface area contributed by atoms with E-state index in [1.807, 2.05) is 55.5 Å². The number of aryl methyl sites for hydroxylation is 1. The predicted octanol–water partition coefficient (Wildman–Crippen LogP) is 3.41. The molecule has 3 rings (SSSR count). The van der Waals surface area contributed by atoms with Gasteiger partial charge in [-0.15, -0.1) is 10.2 Å². The Hall–Kier alpha value is -3.02. The van der Waals surface area contributed by atoms with Gasteiger partial charge in [-0.1, -0.05) is 50.2 Å². The summed E-state index contributed by atoms with van der Waals surface area (Å²) in [6, 6.07) is 15.7. The number of benzene rings is 2. The zero-order chi connectivity index (χ0) is 17.8. The number of anilines is 1. The molecule has 1 N–H and O–H groups in total. The molecule has 6 heteroatoms. The highest BCUT2D eigenvalue weighted by Crippen LogP contribution is 2.18. The number of nitrogens with zero attached hydrogens (tertiary/aromatic N) is 4. The van der Waals surface area contributed by atoms with E-state index in [0.717, 1.165) is 16.8 Å². The highest BCUT2D eigenvalue weighted by atomic mass is 16.2. The molecule has 25 heavy (non-hydrogen) atoms. The number of tetrazole rings is 1. The van der Waals surface area contributed by atoms with Crippen molar-refractivity contribution in [2.45, 2.75) is 33.2 Å². The summed E-state index contributed by atoms with van der Waals surface area (Å²) in [4.78, 5) is 13.5. The zero-order valence-corrected chi connectivity index (χ0v) is 14.6. The quantitative estimate of drug-likeness (QED) is 0.775. The zero-order valence-electron chi connectivity index (χ0n) is 14.6. The van der Waals surface area contributed by atoms with Gasteiger partial charge in [-0.2, -0.15) is 4.80 Å². The Labute approximate surface area is 146 Å². The molecule has 1 heterocycles. The SMILES string of the molecule is Cc1ccccc1-c1nnn(CC(=O)Nc2ccc(C(C)C)cc2)n1. The number of amides is 1. The molecule has 0 atom stereocenters. The standard InChI is InChI=1S/C19H21N5O/c1-13(2)15-8-10-16(11-9-15)20-18(25)12-24-22-19(21-23-24)17-7-5-4-6-14(17)3/h4-11,13H,12H2,1-3H3,(H,20,25).